The van der Waals surface area contributed by atoms with Gasteiger partial charge >= 0.3 is 13.8 Å². The monoisotopic (exact) mass is 835 g/mol. The van der Waals surface area contributed by atoms with E-state index in [1.165, 1.54) is 116 Å². The topological polar surface area (TPSA) is 192 Å². The first-order valence-electron chi connectivity index (χ1n) is 22.7. The smallest absolute Gasteiger partial charge is 0.457 e. The van der Waals surface area contributed by atoms with E-state index in [1.54, 1.807) is 0 Å². The average molecular weight is 835 g/mol. The van der Waals surface area contributed by atoms with Crippen molar-refractivity contribution < 1.29 is 58.3 Å². The molecular formula is C44H83O12P. The maximum atomic E-state index is 12.8. The molecule has 1 saturated carbocycles. The molecule has 6 unspecified atom stereocenters. The fourth-order valence-corrected chi connectivity index (χ4v) is 7.89. The quantitative estimate of drug-likeness (QED) is 0.0150. The summed E-state index contributed by atoms with van der Waals surface area (Å²) in [6, 6.07) is 0. The number of unbranched alkanes of at least 4 members (excludes halogenated alkanes) is 22. The number of allylic oxidation sites excluding steroid dienone is 4. The Balaban J connectivity index is 2.30. The lowest BCUT2D eigenvalue weighted by Gasteiger charge is -2.41. The summed E-state index contributed by atoms with van der Waals surface area (Å²) in [4.78, 5) is 23.0. The van der Waals surface area contributed by atoms with E-state index in [4.69, 9.17) is 18.5 Å². The molecule has 0 aromatic carbocycles. The fraction of sp³-hybridized carbons (Fsp3) is 0.886. The van der Waals surface area contributed by atoms with Gasteiger partial charge in [-0.05, 0) is 44.9 Å². The average Bonchev–Trinajstić information content (AvgIpc) is 3.19. The van der Waals surface area contributed by atoms with Gasteiger partial charge in [0.05, 0.1) is 13.2 Å². The highest BCUT2D eigenvalue weighted by Crippen LogP contribution is 2.47. The van der Waals surface area contributed by atoms with E-state index in [-0.39, 0.29) is 13.0 Å². The molecule has 0 aromatic heterocycles. The Bertz CT molecular complexity index is 1040. The minimum absolute atomic E-state index is 0.0758. The Morgan fingerprint density at radius 3 is 1.47 bits per heavy atom. The van der Waals surface area contributed by atoms with Crippen LogP contribution in [0.1, 0.15) is 187 Å². The van der Waals surface area contributed by atoms with E-state index >= 15 is 0 Å². The number of esters is 1. The molecule has 0 spiro atoms. The SMILES string of the molecule is CCCCCCC/C=C\C/C=C\CCCCCCCCCCCCOCC(COP(=O)(O)OC1C(O)C(O)C(O)C(O)C1O)OC(=O)CCCCCCCCCC. The van der Waals surface area contributed by atoms with Crippen LogP contribution in [-0.4, -0.2) is 98.9 Å². The predicted octanol–water partition coefficient (Wildman–Crippen LogP) is 8.92. The van der Waals surface area contributed by atoms with E-state index in [9.17, 15) is 39.8 Å². The third-order valence-corrected chi connectivity index (χ3v) is 11.6. The third-order valence-electron chi connectivity index (χ3n) is 10.6. The summed E-state index contributed by atoms with van der Waals surface area (Å²) in [5, 5.41) is 50.0. The Hall–Kier alpha value is -1.18. The van der Waals surface area contributed by atoms with Gasteiger partial charge in [0, 0.05) is 13.0 Å². The van der Waals surface area contributed by atoms with Gasteiger partial charge in [0.2, 0.25) is 0 Å². The number of hydrogen-bond acceptors (Lipinski definition) is 11. The Morgan fingerprint density at radius 2 is 0.982 bits per heavy atom. The minimum Gasteiger partial charge on any atom is -0.457 e. The highest BCUT2D eigenvalue weighted by molar-refractivity contribution is 7.47. The Labute approximate surface area is 345 Å². The van der Waals surface area contributed by atoms with Crippen LogP contribution in [0.5, 0.6) is 0 Å². The van der Waals surface area contributed by atoms with Crippen LogP contribution >= 0.6 is 7.82 Å². The molecule has 336 valence electrons. The van der Waals surface area contributed by atoms with Gasteiger partial charge < -0.3 is 39.9 Å². The zero-order valence-electron chi connectivity index (χ0n) is 35.6. The summed E-state index contributed by atoms with van der Waals surface area (Å²) >= 11 is 0. The number of rotatable bonds is 38. The summed E-state index contributed by atoms with van der Waals surface area (Å²) in [5.74, 6) is -0.482. The zero-order valence-corrected chi connectivity index (χ0v) is 36.5. The van der Waals surface area contributed by atoms with Crippen molar-refractivity contribution in [3.8, 4) is 0 Å². The first-order valence-corrected chi connectivity index (χ1v) is 24.2. The summed E-state index contributed by atoms with van der Waals surface area (Å²) in [6.45, 7) is 4.20. The van der Waals surface area contributed by atoms with Gasteiger partial charge in [0.1, 0.15) is 42.7 Å². The molecule has 0 radical (unpaired) electrons. The molecule has 13 heteroatoms. The second kappa shape index (κ2) is 35.6. The van der Waals surface area contributed by atoms with Crippen LogP contribution in [0, 0.1) is 0 Å². The summed E-state index contributed by atoms with van der Waals surface area (Å²) in [5.41, 5.74) is 0. The first-order chi connectivity index (χ1) is 27.5. The highest BCUT2D eigenvalue weighted by atomic mass is 31.2. The van der Waals surface area contributed by atoms with Gasteiger partial charge in [-0.3, -0.25) is 13.8 Å². The molecule has 6 atom stereocenters. The number of aliphatic hydroxyl groups is 5. The Kier molecular flexibility index (Phi) is 33.6. The number of carbonyl (C=O) groups excluding carboxylic acids is 1. The van der Waals surface area contributed by atoms with Gasteiger partial charge in [-0.25, -0.2) is 4.57 Å². The van der Waals surface area contributed by atoms with E-state index in [1.807, 2.05) is 0 Å². The van der Waals surface area contributed by atoms with Gasteiger partial charge in [-0.1, -0.05) is 160 Å². The molecule has 0 saturated heterocycles. The van der Waals surface area contributed by atoms with Crippen molar-refractivity contribution in [2.45, 2.75) is 230 Å². The number of carbonyl (C=O) groups is 1. The van der Waals surface area contributed by atoms with E-state index in [2.05, 4.69) is 38.2 Å². The lowest BCUT2D eigenvalue weighted by atomic mass is 9.85. The maximum Gasteiger partial charge on any atom is 0.472 e. The zero-order chi connectivity index (χ0) is 42.0. The van der Waals surface area contributed by atoms with Crippen LogP contribution in [0.3, 0.4) is 0 Å². The number of phosphoric ester groups is 1. The Morgan fingerprint density at radius 1 is 0.561 bits per heavy atom. The number of phosphoric acid groups is 1. The van der Waals surface area contributed by atoms with E-state index in [0.717, 1.165) is 44.9 Å². The lowest BCUT2D eigenvalue weighted by Crippen LogP contribution is -2.64. The molecule has 12 nitrogen and oxygen atoms in total. The van der Waals surface area contributed by atoms with Crippen LogP contribution < -0.4 is 0 Å². The molecule has 0 aliphatic heterocycles. The van der Waals surface area contributed by atoms with Gasteiger partial charge in [0.25, 0.3) is 0 Å². The van der Waals surface area contributed by atoms with Crippen molar-refractivity contribution in [1.82, 2.24) is 0 Å². The summed E-state index contributed by atoms with van der Waals surface area (Å²) in [7, 11) is -5.01. The molecule has 0 aromatic rings. The molecule has 1 rings (SSSR count). The van der Waals surface area contributed by atoms with Crippen LogP contribution in [0.4, 0.5) is 0 Å². The van der Waals surface area contributed by atoms with Gasteiger partial charge in [-0.15, -0.1) is 0 Å². The second-order valence-corrected chi connectivity index (χ2v) is 17.3. The molecular weight excluding hydrogens is 751 g/mol. The van der Waals surface area contributed by atoms with Crippen LogP contribution in [0.15, 0.2) is 24.3 Å². The molecule has 0 heterocycles. The van der Waals surface area contributed by atoms with Crippen molar-refractivity contribution in [3.63, 3.8) is 0 Å². The second-order valence-electron chi connectivity index (χ2n) is 15.9. The third kappa shape index (κ3) is 28.1. The number of hydrogen-bond donors (Lipinski definition) is 6. The van der Waals surface area contributed by atoms with E-state index < -0.39 is 63.1 Å². The van der Waals surface area contributed by atoms with Gasteiger partial charge in [-0.2, -0.15) is 0 Å². The molecule has 6 N–H and O–H groups in total. The largest absolute Gasteiger partial charge is 0.472 e. The van der Waals surface area contributed by atoms with Crippen LogP contribution in [0.25, 0.3) is 0 Å². The molecule has 1 aliphatic rings. The molecule has 57 heavy (non-hydrogen) atoms. The van der Waals surface area contributed by atoms with Crippen LogP contribution in [-0.2, 0) is 27.9 Å². The standard InChI is InChI=1S/C44H83O12P/c1-3-5-7-9-11-13-14-15-16-17-18-19-20-21-22-23-24-25-26-28-30-32-34-53-35-37(55-38(45)33-31-29-27-12-10-8-6-4-2)36-54-57(51,52)56-44-42(49)40(47)39(46)41(48)43(44)50/h14-15,17-18,37,39-44,46-50H,3-13,16,19-36H2,1-2H3,(H,51,52)/b15-14-,18-17-. The number of aliphatic hydroxyl groups excluding tert-OH is 5. The molecule has 0 bridgehead atoms. The lowest BCUT2D eigenvalue weighted by molar-refractivity contribution is -0.220. The number of ether oxygens (including phenoxy) is 2. The van der Waals surface area contributed by atoms with E-state index in [0.29, 0.717) is 13.0 Å². The minimum atomic E-state index is -5.01. The van der Waals surface area contributed by atoms with Crippen LogP contribution in [0.2, 0.25) is 0 Å². The van der Waals surface area contributed by atoms with Crippen molar-refractivity contribution in [1.29, 1.82) is 0 Å². The first kappa shape index (κ1) is 53.8. The fourth-order valence-electron chi connectivity index (χ4n) is 6.91. The highest BCUT2D eigenvalue weighted by Gasteiger charge is 2.51. The van der Waals surface area contributed by atoms with Crippen molar-refractivity contribution in [2.24, 2.45) is 0 Å². The van der Waals surface area contributed by atoms with Crippen molar-refractivity contribution in [3.05, 3.63) is 24.3 Å². The normalized spacial score (nSPS) is 23.0. The summed E-state index contributed by atoms with van der Waals surface area (Å²) < 4.78 is 34.0. The maximum absolute atomic E-state index is 12.8. The summed E-state index contributed by atoms with van der Waals surface area (Å²) in [6.07, 6.45) is 27.0. The molecule has 0 amide bonds. The van der Waals surface area contributed by atoms with Crippen molar-refractivity contribution in [2.75, 3.05) is 19.8 Å². The predicted molar refractivity (Wildman–Crippen MR) is 226 cm³/mol. The van der Waals surface area contributed by atoms with Crippen molar-refractivity contribution >= 4 is 13.8 Å². The van der Waals surface area contributed by atoms with Gasteiger partial charge in [0.15, 0.2) is 0 Å². The molecule has 1 fully saturated rings. The molecule has 1 aliphatic carbocycles.